The van der Waals surface area contributed by atoms with Gasteiger partial charge >= 0.3 is 0 Å². The first kappa shape index (κ1) is 21.9. The predicted molar refractivity (Wildman–Crippen MR) is 112 cm³/mol. The summed E-state index contributed by atoms with van der Waals surface area (Å²) in [5.41, 5.74) is 6.74. The summed E-state index contributed by atoms with van der Waals surface area (Å²) in [5.74, 6) is -2.12. The van der Waals surface area contributed by atoms with Gasteiger partial charge in [0.15, 0.2) is 0 Å². The lowest BCUT2D eigenvalue weighted by Gasteiger charge is -2.32. The molecule has 5 nitrogen and oxygen atoms in total. The number of carbonyl (C=O) groups is 2. The van der Waals surface area contributed by atoms with Gasteiger partial charge in [-0.1, -0.05) is 32.0 Å². The van der Waals surface area contributed by atoms with E-state index in [9.17, 15) is 18.4 Å². The van der Waals surface area contributed by atoms with Gasteiger partial charge in [0.2, 0.25) is 5.91 Å². The fourth-order valence-electron chi connectivity index (χ4n) is 3.25. The zero-order valence-electron chi connectivity index (χ0n) is 17.3. The Bertz CT molecular complexity index is 922. The average Bonchev–Trinajstić information content (AvgIpc) is 3.52. The molecule has 1 aliphatic rings. The Kier molecular flexibility index (Phi) is 6.51. The van der Waals surface area contributed by atoms with Crippen LogP contribution in [0.15, 0.2) is 42.5 Å². The topological polar surface area (TPSA) is 75.4 Å². The van der Waals surface area contributed by atoms with Crippen molar-refractivity contribution in [3.05, 3.63) is 65.2 Å². The summed E-state index contributed by atoms with van der Waals surface area (Å²) >= 11 is 0. The summed E-state index contributed by atoms with van der Waals surface area (Å²) in [6.45, 7) is 5.26. The first-order valence-corrected chi connectivity index (χ1v) is 10.0. The largest absolute Gasteiger partial charge is 0.337 e. The minimum atomic E-state index is -0.821. The minimum absolute atomic E-state index is 0.0515. The van der Waals surface area contributed by atoms with Crippen LogP contribution in [-0.2, 0) is 11.3 Å². The molecule has 0 atom stereocenters. The number of nitrogens with one attached hydrogen (secondary N) is 1. The van der Waals surface area contributed by atoms with Crippen molar-refractivity contribution in [1.29, 1.82) is 0 Å². The second-order valence-corrected chi connectivity index (χ2v) is 8.61. The Morgan fingerprint density at radius 3 is 2.37 bits per heavy atom. The fourth-order valence-corrected chi connectivity index (χ4v) is 3.25. The number of nitrogens with zero attached hydrogens (tertiary/aromatic N) is 1. The Morgan fingerprint density at radius 2 is 1.77 bits per heavy atom. The third-order valence-electron chi connectivity index (χ3n) is 5.16. The molecule has 0 aliphatic heterocycles. The lowest BCUT2D eigenvalue weighted by Crippen LogP contribution is -2.42. The van der Waals surface area contributed by atoms with Crippen molar-refractivity contribution < 1.29 is 18.4 Å². The van der Waals surface area contributed by atoms with E-state index in [1.165, 1.54) is 0 Å². The van der Waals surface area contributed by atoms with Crippen LogP contribution in [0.25, 0.3) is 0 Å². The van der Waals surface area contributed by atoms with Crippen molar-refractivity contribution >= 4 is 17.5 Å². The molecule has 2 amide bonds. The number of para-hydroxylation sites is 1. The Labute approximate surface area is 175 Å². The SMILES string of the molecule is CC(C)(CN)CN(Cc1ccccc1NC(=O)c1cc(F)cc(F)c1)C(=O)C1CC1. The highest BCUT2D eigenvalue weighted by atomic mass is 19.1. The van der Waals surface area contributed by atoms with Crippen LogP contribution in [0.2, 0.25) is 0 Å². The molecule has 0 spiro atoms. The molecule has 3 N–H and O–H groups in total. The monoisotopic (exact) mass is 415 g/mol. The molecule has 0 saturated heterocycles. The molecule has 0 unspecified atom stereocenters. The molecule has 7 heteroatoms. The van der Waals surface area contributed by atoms with Crippen LogP contribution < -0.4 is 11.1 Å². The Hall–Kier alpha value is -2.80. The van der Waals surface area contributed by atoms with Crippen LogP contribution in [0.5, 0.6) is 0 Å². The third-order valence-corrected chi connectivity index (χ3v) is 5.16. The van der Waals surface area contributed by atoms with Crippen LogP contribution in [0.4, 0.5) is 14.5 Å². The predicted octanol–water partition coefficient (Wildman–Crippen LogP) is 3.94. The van der Waals surface area contributed by atoms with Gasteiger partial charge in [-0.25, -0.2) is 8.78 Å². The zero-order valence-corrected chi connectivity index (χ0v) is 17.3. The second kappa shape index (κ2) is 8.92. The summed E-state index contributed by atoms with van der Waals surface area (Å²) < 4.78 is 26.9. The molecule has 1 saturated carbocycles. The molecule has 0 bridgehead atoms. The molecule has 160 valence electrons. The lowest BCUT2D eigenvalue weighted by molar-refractivity contribution is -0.134. The van der Waals surface area contributed by atoms with Crippen molar-refractivity contribution in [2.75, 3.05) is 18.4 Å². The number of amides is 2. The molecule has 1 aliphatic carbocycles. The first-order chi connectivity index (χ1) is 14.2. The van der Waals surface area contributed by atoms with Gasteiger partial charge in [0, 0.05) is 36.3 Å². The number of hydrogen-bond acceptors (Lipinski definition) is 3. The van der Waals surface area contributed by atoms with Gasteiger partial charge < -0.3 is 16.0 Å². The second-order valence-electron chi connectivity index (χ2n) is 8.61. The Balaban J connectivity index is 1.82. The van der Waals surface area contributed by atoms with Crippen molar-refractivity contribution in [3.63, 3.8) is 0 Å². The molecule has 0 radical (unpaired) electrons. The zero-order chi connectivity index (χ0) is 21.9. The number of halogens is 2. The number of anilines is 1. The molecular formula is C23H27F2N3O2. The molecule has 3 rings (SSSR count). The van der Waals surface area contributed by atoms with E-state index in [2.05, 4.69) is 5.32 Å². The van der Waals surface area contributed by atoms with Crippen LogP contribution in [-0.4, -0.2) is 29.8 Å². The number of hydrogen-bond donors (Lipinski definition) is 2. The highest BCUT2D eigenvalue weighted by Crippen LogP contribution is 2.33. The van der Waals surface area contributed by atoms with Gasteiger partial charge in [-0.3, -0.25) is 9.59 Å². The number of nitrogens with two attached hydrogens (primary N) is 1. The quantitative estimate of drug-likeness (QED) is 0.686. The maximum atomic E-state index is 13.5. The lowest BCUT2D eigenvalue weighted by atomic mass is 9.92. The van der Waals surface area contributed by atoms with Gasteiger partial charge in [0.05, 0.1) is 0 Å². The van der Waals surface area contributed by atoms with Crippen molar-refractivity contribution in [2.24, 2.45) is 17.1 Å². The highest BCUT2D eigenvalue weighted by molar-refractivity contribution is 6.04. The summed E-state index contributed by atoms with van der Waals surface area (Å²) in [4.78, 5) is 27.2. The molecule has 1 fully saturated rings. The highest BCUT2D eigenvalue weighted by Gasteiger charge is 2.35. The van der Waals surface area contributed by atoms with E-state index in [1.54, 1.807) is 17.0 Å². The normalized spacial score (nSPS) is 13.8. The standard InChI is InChI=1S/C23H27F2N3O2/c1-23(2,13-26)14-28(22(30)15-7-8-15)12-16-5-3-4-6-20(16)27-21(29)17-9-18(24)11-19(25)10-17/h3-6,9-11,15H,7-8,12-14,26H2,1-2H3,(H,27,29). The first-order valence-electron chi connectivity index (χ1n) is 10.0. The van der Waals surface area contributed by atoms with E-state index >= 15 is 0 Å². The molecule has 2 aromatic carbocycles. The maximum absolute atomic E-state index is 13.5. The van der Waals surface area contributed by atoms with Crippen LogP contribution in [0, 0.1) is 23.0 Å². The van der Waals surface area contributed by atoms with E-state index < -0.39 is 17.5 Å². The number of carbonyl (C=O) groups excluding carboxylic acids is 2. The van der Waals surface area contributed by atoms with E-state index in [0.717, 1.165) is 30.5 Å². The van der Waals surface area contributed by atoms with Gasteiger partial charge in [-0.2, -0.15) is 0 Å². The fraction of sp³-hybridized carbons (Fsp3) is 0.391. The van der Waals surface area contributed by atoms with E-state index in [0.29, 0.717) is 31.4 Å². The maximum Gasteiger partial charge on any atom is 0.255 e. The molecular weight excluding hydrogens is 388 g/mol. The molecule has 0 aromatic heterocycles. The van der Waals surface area contributed by atoms with Gasteiger partial charge in [-0.05, 0) is 48.6 Å². The smallest absolute Gasteiger partial charge is 0.255 e. The van der Waals surface area contributed by atoms with Gasteiger partial charge in [0.1, 0.15) is 11.6 Å². The van der Waals surface area contributed by atoms with Gasteiger partial charge in [-0.15, -0.1) is 0 Å². The third kappa shape index (κ3) is 5.63. The summed E-state index contributed by atoms with van der Waals surface area (Å²) in [6.07, 6.45) is 1.78. The molecule has 30 heavy (non-hydrogen) atoms. The molecule has 0 heterocycles. The summed E-state index contributed by atoms with van der Waals surface area (Å²) in [6, 6.07) is 9.77. The van der Waals surface area contributed by atoms with Crippen LogP contribution >= 0.6 is 0 Å². The minimum Gasteiger partial charge on any atom is -0.337 e. The molecule has 2 aromatic rings. The summed E-state index contributed by atoms with van der Waals surface area (Å²) in [5, 5.41) is 2.71. The average molecular weight is 415 g/mol. The van der Waals surface area contributed by atoms with Crippen LogP contribution in [0.3, 0.4) is 0 Å². The van der Waals surface area contributed by atoms with Gasteiger partial charge in [0.25, 0.3) is 5.91 Å². The van der Waals surface area contributed by atoms with Crippen LogP contribution in [0.1, 0.15) is 42.6 Å². The van der Waals surface area contributed by atoms with E-state index in [-0.39, 0.29) is 22.8 Å². The van der Waals surface area contributed by atoms with E-state index in [1.807, 2.05) is 26.0 Å². The van der Waals surface area contributed by atoms with Crippen molar-refractivity contribution in [1.82, 2.24) is 4.90 Å². The van der Waals surface area contributed by atoms with Crippen molar-refractivity contribution in [3.8, 4) is 0 Å². The number of benzene rings is 2. The van der Waals surface area contributed by atoms with Crippen molar-refractivity contribution in [2.45, 2.75) is 33.2 Å². The van der Waals surface area contributed by atoms with E-state index in [4.69, 9.17) is 5.73 Å². The Morgan fingerprint density at radius 1 is 1.13 bits per heavy atom. The number of rotatable bonds is 8. The summed E-state index contributed by atoms with van der Waals surface area (Å²) in [7, 11) is 0.